The van der Waals surface area contributed by atoms with Crippen LogP contribution in [0.5, 0.6) is 5.75 Å². The van der Waals surface area contributed by atoms with Crippen molar-refractivity contribution in [3.8, 4) is 5.75 Å². The highest BCUT2D eigenvalue weighted by Crippen LogP contribution is 2.22. The number of hydrogen-bond acceptors (Lipinski definition) is 5. The average Bonchev–Trinajstić information content (AvgIpc) is 2.99. The number of aliphatic carboxylic acids is 1. The van der Waals surface area contributed by atoms with Crippen molar-refractivity contribution in [3.63, 3.8) is 0 Å². The number of rotatable bonds is 10. The third-order valence-corrected chi connectivity index (χ3v) is 5.17. The van der Waals surface area contributed by atoms with Crippen molar-refractivity contribution in [2.75, 3.05) is 6.54 Å². The van der Waals surface area contributed by atoms with Crippen molar-refractivity contribution >= 4 is 23.7 Å². The number of imide groups is 1. The summed E-state index contributed by atoms with van der Waals surface area (Å²) < 4.78 is 0. The second-order valence-corrected chi connectivity index (χ2v) is 7.45. The summed E-state index contributed by atoms with van der Waals surface area (Å²) >= 11 is 0. The number of nitrogens with one attached hydrogen (secondary N) is 1. The van der Waals surface area contributed by atoms with Gasteiger partial charge in [0, 0.05) is 19.4 Å². The Morgan fingerprint density at radius 1 is 0.903 bits per heavy atom. The average molecular weight is 424 g/mol. The van der Waals surface area contributed by atoms with Crippen molar-refractivity contribution in [1.82, 2.24) is 10.2 Å². The van der Waals surface area contributed by atoms with E-state index >= 15 is 0 Å². The lowest BCUT2D eigenvalue weighted by atomic mass is 10.1. The fourth-order valence-corrected chi connectivity index (χ4v) is 3.51. The van der Waals surface area contributed by atoms with Crippen LogP contribution in [-0.4, -0.2) is 51.4 Å². The molecular weight excluding hydrogens is 400 g/mol. The van der Waals surface area contributed by atoms with E-state index in [-0.39, 0.29) is 42.9 Å². The summed E-state index contributed by atoms with van der Waals surface area (Å²) in [5.41, 5.74) is 1.52. The van der Waals surface area contributed by atoms with Crippen molar-refractivity contribution in [3.05, 3.63) is 65.2 Å². The van der Waals surface area contributed by atoms with Gasteiger partial charge in [-0.1, -0.05) is 30.7 Å². The van der Waals surface area contributed by atoms with E-state index in [1.54, 1.807) is 36.4 Å². The SMILES string of the molecule is O=C(CCCCCN1C(=O)c2ccccc2C1=O)N[C@@H](Cc1ccc(O)cc1)C(=O)O. The molecule has 0 fully saturated rings. The third kappa shape index (κ3) is 5.48. The molecule has 3 amide bonds. The lowest BCUT2D eigenvalue weighted by Crippen LogP contribution is -2.42. The number of phenolic OH excluding ortho intramolecular Hbond substituents is 1. The highest BCUT2D eigenvalue weighted by Gasteiger charge is 2.34. The summed E-state index contributed by atoms with van der Waals surface area (Å²) in [7, 11) is 0. The van der Waals surface area contributed by atoms with Gasteiger partial charge in [0.25, 0.3) is 11.8 Å². The Hall–Kier alpha value is -3.68. The minimum Gasteiger partial charge on any atom is -0.508 e. The van der Waals surface area contributed by atoms with Gasteiger partial charge in [-0.2, -0.15) is 0 Å². The quantitative estimate of drug-likeness (QED) is 0.397. The van der Waals surface area contributed by atoms with E-state index in [4.69, 9.17) is 0 Å². The number of amides is 3. The molecular formula is C23H24N2O6. The molecule has 3 N–H and O–H groups in total. The second kappa shape index (κ2) is 9.88. The van der Waals surface area contributed by atoms with Crippen LogP contribution in [0.25, 0.3) is 0 Å². The number of aromatic hydroxyl groups is 1. The topological polar surface area (TPSA) is 124 Å². The molecule has 0 radical (unpaired) electrons. The van der Waals surface area contributed by atoms with Gasteiger partial charge in [-0.25, -0.2) is 4.79 Å². The lowest BCUT2D eigenvalue weighted by Gasteiger charge is -2.15. The van der Waals surface area contributed by atoms with Crippen molar-refractivity contribution in [2.24, 2.45) is 0 Å². The Kier molecular flexibility index (Phi) is 7.02. The monoisotopic (exact) mass is 424 g/mol. The van der Waals surface area contributed by atoms with Gasteiger partial charge in [0.2, 0.25) is 5.91 Å². The molecule has 8 nitrogen and oxygen atoms in total. The van der Waals surface area contributed by atoms with E-state index in [0.717, 1.165) is 0 Å². The van der Waals surface area contributed by atoms with Gasteiger partial charge in [-0.3, -0.25) is 19.3 Å². The Labute approximate surface area is 179 Å². The highest BCUT2D eigenvalue weighted by molar-refractivity contribution is 6.21. The lowest BCUT2D eigenvalue weighted by molar-refractivity contribution is -0.141. The van der Waals surface area contributed by atoms with Gasteiger partial charge in [-0.05, 0) is 42.7 Å². The normalized spacial score (nSPS) is 13.7. The number of benzene rings is 2. The first-order chi connectivity index (χ1) is 14.9. The summed E-state index contributed by atoms with van der Waals surface area (Å²) in [4.78, 5) is 49.4. The van der Waals surface area contributed by atoms with E-state index in [1.165, 1.54) is 17.0 Å². The molecule has 0 saturated heterocycles. The first-order valence-electron chi connectivity index (χ1n) is 10.1. The molecule has 0 spiro atoms. The third-order valence-electron chi connectivity index (χ3n) is 5.17. The molecule has 162 valence electrons. The van der Waals surface area contributed by atoms with Gasteiger partial charge < -0.3 is 15.5 Å². The molecule has 0 bridgehead atoms. The predicted octanol–water partition coefficient (Wildman–Crippen LogP) is 2.36. The number of nitrogens with zero attached hydrogens (tertiary/aromatic N) is 1. The number of hydrogen-bond donors (Lipinski definition) is 3. The smallest absolute Gasteiger partial charge is 0.326 e. The maximum absolute atomic E-state index is 12.3. The largest absolute Gasteiger partial charge is 0.508 e. The second-order valence-electron chi connectivity index (χ2n) is 7.45. The minimum absolute atomic E-state index is 0.0841. The van der Waals surface area contributed by atoms with Gasteiger partial charge in [0.1, 0.15) is 11.8 Å². The summed E-state index contributed by atoms with van der Waals surface area (Å²) in [6, 6.07) is 11.8. The summed E-state index contributed by atoms with van der Waals surface area (Å²) in [5.74, 6) is -2.01. The van der Waals surface area contributed by atoms with Crippen molar-refractivity contribution in [2.45, 2.75) is 38.1 Å². The van der Waals surface area contributed by atoms with Crippen molar-refractivity contribution < 1.29 is 29.4 Å². The zero-order valence-electron chi connectivity index (χ0n) is 16.9. The molecule has 0 aromatic heterocycles. The van der Waals surface area contributed by atoms with Gasteiger partial charge >= 0.3 is 5.97 Å². The Bertz CT molecular complexity index is 951. The Morgan fingerprint density at radius 2 is 1.52 bits per heavy atom. The van der Waals surface area contributed by atoms with Crippen molar-refractivity contribution in [1.29, 1.82) is 0 Å². The molecule has 2 aromatic carbocycles. The van der Waals surface area contributed by atoms with E-state index in [2.05, 4.69) is 5.32 Å². The summed E-state index contributed by atoms with van der Waals surface area (Å²) in [6.45, 7) is 0.284. The predicted molar refractivity (Wildman–Crippen MR) is 112 cm³/mol. The molecule has 3 rings (SSSR count). The molecule has 1 aliphatic heterocycles. The van der Waals surface area contributed by atoms with Crippen LogP contribution in [0.1, 0.15) is 52.0 Å². The van der Waals surface area contributed by atoms with Gasteiger partial charge in [0.15, 0.2) is 0 Å². The van der Waals surface area contributed by atoms with E-state index < -0.39 is 12.0 Å². The number of fused-ring (bicyclic) bond motifs is 1. The fraction of sp³-hybridized carbons (Fsp3) is 0.304. The highest BCUT2D eigenvalue weighted by atomic mass is 16.4. The van der Waals surface area contributed by atoms with E-state index in [9.17, 15) is 29.4 Å². The number of phenols is 1. The van der Waals surface area contributed by atoms with Crippen LogP contribution in [0.15, 0.2) is 48.5 Å². The number of unbranched alkanes of at least 4 members (excludes halogenated alkanes) is 2. The standard InChI is InChI=1S/C23H24N2O6/c26-16-11-9-15(10-12-16)14-19(23(30)31)24-20(27)8-2-1-5-13-25-21(28)17-6-3-4-7-18(17)22(25)29/h3-4,6-7,9-12,19,26H,1-2,5,8,13-14H2,(H,24,27)(H,30,31)/t19-/m0/s1. The molecule has 31 heavy (non-hydrogen) atoms. The molecule has 0 aliphatic carbocycles. The van der Waals surface area contributed by atoms with Crippen LogP contribution < -0.4 is 5.32 Å². The van der Waals surface area contributed by atoms with Crippen LogP contribution in [0, 0.1) is 0 Å². The summed E-state index contributed by atoms with van der Waals surface area (Å²) in [5, 5.41) is 21.2. The first kappa shape index (κ1) is 22.0. The van der Waals surface area contributed by atoms with Crippen LogP contribution in [0.2, 0.25) is 0 Å². The van der Waals surface area contributed by atoms with E-state index in [0.29, 0.717) is 36.0 Å². The van der Waals surface area contributed by atoms with Gasteiger partial charge in [0.05, 0.1) is 11.1 Å². The van der Waals surface area contributed by atoms with Gasteiger partial charge in [-0.15, -0.1) is 0 Å². The maximum atomic E-state index is 12.3. The molecule has 1 heterocycles. The molecule has 0 unspecified atom stereocenters. The van der Waals surface area contributed by atoms with E-state index in [1.807, 2.05) is 0 Å². The number of carbonyl (C=O) groups excluding carboxylic acids is 3. The number of carboxylic acids is 1. The fourth-order valence-electron chi connectivity index (χ4n) is 3.51. The first-order valence-corrected chi connectivity index (χ1v) is 10.1. The molecule has 2 aromatic rings. The van der Waals surface area contributed by atoms with Crippen LogP contribution >= 0.6 is 0 Å². The molecule has 0 saturated carbocycles. The minimum atomic E-state index is -1.13. The van der Waals surface area contributed by atoms with Crippen LogP contribution in [0.4, 0.5) is 0 Å². The zero-order chi connectivity index (χ0) is 22.4. The Morgan fingerprint density at radius 3 is 2.10 bits per heavy atom. The maximum Gasteiger partial charge on any atom is 0.326 e. The number of carboxylic acid groups (broad SMARTS) is 1. The van der Waals surface area contributed by atoms with Crippen LogP contribution in [-0.2, 0) is 16.0 Å². The van der Waals surface area contributed by atoms with Crippen LogP contribution in [0.3, 0.4) is 0 Å². The molecule has 1 aliphatic rings. The zero-order valence-corrected chi connectivity index (χ0v) is 16.9. The molecule has 1 atom stereocenters. The number of carbonyl (C=O) groups is 4. The Balaban J connectivity index is 1.40. The summed E-state index contributed by atoms with van der Waals surface area (Å²) in [6.07, 6.45) is 1.97. The molecule has 8 heteroatoms.